The van der Waals surface area contributed by atoms with E-state index in [9.17, 15) is 9.18 Å². The molecule has 0 amide bonds. The summed E-state index contributed by atoms with van der Waals surface area (Å²) in [5.74, 6) is -1.49. The zero-order valence-corrected chi connectivity index (χ0v) is 7.66. The summed E-state index contributed by atoms with van der Waals surface area (Å²) in [4.78, 5) is 14.2. The quantitative estimate of drug-likeness (QED) is 0.583. The molecule has 0 aliphatic rings. The number of aromatic nitrogens is 1. The number of carbonyl (C=O) groups is 1. The van der Waals surface area contributed by atoms with Crippen LogP contribution in [0.25, 0.3) is 0 Å². The van der Waals surface area contributed by atoms with Gasteiger partial charge in [-0.15, -0.1) is 0 Å². The van der Waals surface area contributed by atoms with Crippen molar-refractivity contribution in [1.82, 2.24) is 4.98 Å². The zero-order valence-electron chi connectivity index (χ0n) is 7.66. The summed E-state index contributed by atoms with van der Waals surface area (Å²) in [7, 11) is 0. The number of nitrogens with zero attached hydrogens (tertiary/aromatic N) is 1. The van der Waals surface area contributed by atoms with Gasteiger partial charge in [0, 0.05) is 5.56 Å². The molecule has 0 aliphatic heterocycles. The van der Waals surface area contributed by atoms with Crippen LogP contribution in [0.4, 0.5) is 4.39 Å². The monoisotopic (exact) mass is 199 g/mol. The summed E-state index contributed by atoms with van der Waals surface area (Å²) < 4.78 is 17.6. The van der Waals surface area contributed by atoms with Crippen LogP contribution in [-0.2, 0) is 16.0 Å². The van der Waals surface area contributed by atoms with Crippen LogP contribution in [0, 0.1) is 5.95 Å². The topological polar surface area (TPSA) is 59.4 Å². The maximum atomic E-state index is 12.9. The smallest absolute Gasteiger partial charge is 0.310 e. The Morgan fingerprint density at radius 3 is 3.07 bits per heavy atom. The SMILES string of the molecule is CCOC(=O)Cc1cc(O)cnc1F. The van der Waals surface area contributed by atoms with Crippen LogP contribution < -0.4 is 0 Å². The average Bonchev–Trinajstić information content (AvgIpc) is 2.12. The molecule has 0 saturated carbocycles. The third-order valence-electron chi connectivity index (χ3n) is 1.54. The minimum atomic E-state index is -0.768. The van der Waals surface area contributed by atoms with Crippen LogP contribution >= 0.6 is 0 Å². The molecule has 5 heteroatoms. The number of rotatable bonds is 3. The van der Waals surface area contributed by atoms with E-state index in [-0.39, 0.29) is 24.3 Å². The minimum Gasteiger partial charge on any atom is -0.506 e. The standard InChI is InChI=1S/C9H10FNO3/c1-2-14-8(13)4-6-3-7(12)5-11-9(6)10/h3,5,12H,2,4H2,1H3. The molecule has 4 nitrogen and oxygen atoms in total. The van der Waals surface area contributed by atoms with Crippen molar-refractivity contribution in [3.05, 3.63) is 23.8 Å². The molecule has 1 aromatic rings. The van der Waals surface area contributed by atoms with Crippen molar-refractivity contribution in [3.8, 4) is 5.75 Å². The van der Waals surface area contributed by atoms with Crippen molar-refractivity contribution in [2.24, 2.45) is 0 Å². The second-order valence-electron chi connectivity index (χ2n) is 2.63. The number of aromatic hydroxyl groups is 1. The van der Waals surface area contributed by atoms with Crippen molar-refractivity contribution < 1.29 is 19.0 Å². The lowest BCUT2D eigenvalue weighted by Crippen LogP contribution is -2.09. The second-order valence-corrected chi connectivity index (χ2v) is 2.63. The summed E-state index contributed by atoms with van der Waals surface area (Å²) in [6, 6.07) is 1.15. The second kappa shape index (κ2) is 4.55. The molecule has 1 rings (SSSR count). The van der Waals surface area contributed by atoms with E-state index in [0.717, 1.165) is 12.3 Å². The van der Waals surface area contributed by atoms with Gasteiger partial charge in [-0.1, -0.05) is 0 Å². The number of esters is 1. The maximum absolute atomic E-state index is 12.9. The predicted octanol–water partition coefficient (Wildman–Crippen LogP) is 1.03. The molecule has 1 N–H and O–H groups in total. The number of halogens is 1. The lowest BCUT2D eigenvalue weighted by molar-refractivity contribution is -0.142. The van der Waals surface area contributed by atoms with Crippen molar-refractivity contribution in [3.63, 3.8) is 0 Å². The number of ether oxygens (including phenoxy) is 1. The van der Waals surface area contributed by atoms with Gasteiger partial charge in [-0.25, -0.2) is 4.98 Å². The molecular formula is C9H10FNO3. The van der Waals surface area contributed by atoms with E-state index >= 15 is 0 Å². The number of carbonyl (C=O) groups excluding carboxylic acids is 1. The van der Waals surface area contributed by atoms with Crippen molar-refractivity contribution in [2.75, 3.05) is 6.61 Å². The first kappa shape index (κ1) is 10.4. The highest BCUT2D eigenvalue weighted by Gasteiger charge is 2.10. The van der Waals surface area contributed by atoms with E-state index in [1.165, 1.54) is 0 Å². The van der Waals surface area contributed by atoms with Crippen LogP contribution in [0.2, 0.25) is 0 Å². The molecule has 0 saturated heterocycles. The van der Waals surface area contributed by atoms with Gasteiger partial charge < -0.3 is 9.84 Å². The van der Waals surface area contributed by atoms with Crippen LogP contribution in [0.3, 0.4) is 0 Å². The molecule has 76 valence electrons. The zero-order chi connectivity index (χ0) is 10.6. The van der Waals surface area contributed by atoms with Gasteiger partial charge in [-0.3, -0.25) is 4.79 Å². The fraction of sp³-hybridized carbons (Fsp3) is 0.333. The van der Waals surface area contributed by atoms with Gasteiger partial charge in [0.2, 0.25) is 5.95 Å². The Labute approximate surface area is 80.3 Å². The fourth-order valence-corrected chi connectivity index (χ4v) is 0.973. The molecule has 0 atom stereocenters. The summed E-state index contributed by atoms with van der Waals surface area (Å²) in [5.41, 5.74) is 0.0310. The van der Waals surface area contributed by atoms with E-state index in [4.69, 9.17) is 5.11 Å². The lowest BCUT2D eigenvalue weighted by atomic mass is 10.2. The van der Waals surface area contributed by atoms with Gasteiger partial charge >= 0.3 is 5.97 Å². The van der Waals surface area contributed by atoms with E-state index in [1.54, 1.807) is 6.92 Å². The molecular weight excluding hydrogens is 189 g/mol. The minimum absolute atomic E-state index is 0.0310. The number of pyridine rings is 1. The predicted molar refractivity (Wildman–Crippen MR) is 46.2 cm³/mol. The first-order valence-electron chi connectivity index (χ1n) is 4.12. The molecule has 0 aliphatic carbocycles. The molecule has 0 spiro atoms. The van der Waals surface area contributed by atoms with Crippen LogP contribution in [0.15, 0.2) is 12.3 Å². The summed E-state index contributed by atoms with van der Waals surface area (Å²) in [5, 5.41) is 9.00. The van der Waals surface area contributed by atoms with Crippen LogP contribution in [-0.4, -0.2) is 22.7 Å². The van der Waals surface area contributed by atoms with Gasteiger partial charge in [0.25, 0.3) is 0 Å². The van der Waals surface area contributed by atoms with E-state index in [2.05, 4.69) is 9.72 Å². The molecule has 0 aromatic carbocycles. The first-order chi connectivity index (χ1) is 6.63. The Balaban J connectivity index is 2.75. The summed E-state index contributed by atoms with van der Waals surface area (Å²) >= 11 is 0. The molecule has 0 fully saturated rings. The average molecular weight is 199 g/mol. The van der Waals surface area contributed by atoms with Crippen molar-refractivity contribution in [2.45, 2.75) is 13.3 Å². The first-order valence-corrected chi connectivity index (χ1v) is 4.12. The highest BCUT2D eigenvalue weighted by molar-refractivity contribution is 5.72. The molecule has 0 unspecified atom stereocenters. The van der Waals surface area contributed by atoms with E-state index in [1.807, 2.05) is 0 Å². The Kier molecular flexibility index (Phi) is 3.39. The Bertz CT molecular complexity index is 341. The normalized spacial score (nSPS) is 9.86. The summed E-state index contributed by atoms with van der Waals surface area (Å²) in [6.45, 7) is 1.90. The third-order valence-corrected chi connectivity index (χ3v) is 1.54. The number of hydrogen-bond acceptors (Lipinski definition) is 4. The van der Waals surface area contributed by atoms with Crippen LogP contribution in [0.5, 0.6) is 5.75 Å². The summed E-state index contributed by atoms with van der Waals surface area (Å²) in [6.07, 6.45) is 0.755. The van der Waals surface area contributed by atoms with Gasteiger partial charge in [-0.2, -0.15) is 4.39 Å². The maximum Gasteiger partial charge on any atom is 0.310 e. The molecule has 1 aromatic heterocycles. The van der Waals surface area contributed by atoms with Gasteiger partial charge in [-0.05, 0) is 13.0 Å². The van der Waals surface area contributed by atoms with Crippen LogP contribution in [0.1, 0.15) is 12.5 Å². The number of hydrogen-bond donors (Lipinski definition) is 1. The van der Waals surface area contributed by atoms with Gasteiger partial charge in [0.15, 0.2) is 0 Å². The van der Waals surface area contributed by atoms with Crippen molar-refractivity contribution in [1.29, 1.82) is 0 Å². The van der Waals surface area contributed by atoms with Crippen molar-refractivity contribution >= 4 is 5.97 Å². The molecule has 1 heterocycles. The molecule has 0 radical (unpaired) electrons. The lowest BCUT2D eigenvalue weighted by Gasteiger charge is -2.02. The van der Waals surface area contributed by atoms with E-state index in [0.29, 0.717) is 0 Å². The highest BCUT2D eigenvalue weighted by atomic mass is 19.1. The Hall–Kier alpha value is -1.65. The molecule has 0 bridgehead atoms. The highest BCUT2D eigenvalue weighted by Crippen LogP contribution is 2.13. The Morgan fingerprint density at radius 1 is 1.71 bits per heavy atom. The van der Waals surface area contributed by atoms with Gasteiger partial charge in [0.1, 0.15) is 5.75 Å². The molecule has 14 heavy (non-hydrogen) atoms. The fourth-order valence-electron chi connectivity index (χ4n) is 0.973. The Morgan fingerprint density at radius 2 is 2.43 bits per heavy atom. The van der Waals surface area contributed by atoms with E-state index < -0.39 is 11.9 Å². The van der Waals surface area contributed by atoms with Gasteiger partial charge in [0.05, 0.1) is 19.2 Å². The third kappa shape index (κ3) is 2.69. The largest absolute Gasteiger partial charge is 0.506 e.